The number of para-hydroxylation sites is 1. The first kappa shape index (κ1) is 24.0. The molecule has 0 fully saturated rings. The molecule has 0 saturated carbocycles. The van der Waals surface area contributed by atoms with E-state index in [2.05, 4.69) is 0 Å². The van der Waals surface area contributed by atoms with E-state index in [-0.39, 0.29) is 16.0 Å². The molecule has 0 aliphatic heterocycles. The molecule has 0 aliphatic rings. The van der Waals surface area contributed by atoms with Crippen LogP contribution in [0.4, 0.5) is 18.9 Å². The van der Waals surface area contributed by atoms with Crippen LogP contribution in [0.15, 0.2) is 83.8 Å². The van der Waals surface area contributed by atoms with Crippen LogP contribution in [0.5, 0.6) is 0 Å². The number of carbonyl (C=O) groups is 2. The van der Waals surface area contributed by atoms with Crippen LogP contribution in [-0.2, 0) is 20.9 Å². The fraction of sp³-hybridized carbons (Fsp3) is 0.130. The molecule has 0 aromatic heterocycles. The van der Waals surface area contributed by atoms with Gasteiger partial charge in [0, 0.05) is 12.6 Å². The van der Waals surface area contributed by atoms with Crippen LogP contribution in [0, 0.1) is 0 Å². The van der Waals surface area contributed by atoms with E-state index >= 15 is 0 Å². The van der Waals surface area contributed by atoms with Gasteiger partial charge in [-0.05, 0) is 48.5 Å². The van der Waals surface area contributed by atoms with Crippen LogP contribution in [0.1, 0.15) is 26.3 Å². The Bertz CT molecular complexity index is 1260. The Morgan fingerprint density at radius 2 is 1.52 bits per heavy atom. The number of anilines is 1. The molecule has 3 aromatic carbocycles. The van der Waals surface area contributed by atoms with Crippen molar-refractivity contribution in [3.05, 3.63) is 95.6 Å². The number of ketones is 1. The second-order valence-electron chi connectivity index (χ2n) is 6.91. The summed E-state index contributed by atoms with van der Waals surface area (Å²) in [4.78, 5) is 24.3. The van der Waals surface area contributed by atoms with Gasteiger partial charge in [-0.2, -0.15) is 13.2 Å². The first-order chi connectivity index (χ1) is 15.5. The lowest BCUT2D eigenvalue weighted by Gasteiger charge is -2.19. The van der Waals surface area contributed by atoms with Crippen LogP contribution >= 0.6 is 0 Å². The number of hydrogen-bond donors (Lipinski definition) is 0. The van der Waals surface area contributed by atoms with E-state index in [1.54, 1.807) is 30.3 Å². The standard InChI is InChI=1S/C23H18F3NO5S/c1-27(19-8-3-2-4-9-19)33(30,31)20-12-10-16(11-13-20)22(29)32-15-21(28)17-6-5-7-18(14-17)23(24,25)26/h2-14H,15H2,1H3. The molecule has 0 N–H and O–H groups in total. The molecule has 3 aromatic rings. The molecule has 3 rings (SSSR count). The maximum absolute atomic E-state index is 12.8. The van der Waals surface area contributed by atoms with Crippen LogP contribution in [0.3, 0.4) is 0 Å². The van der Waals surface area contributed by atoms with Gasteiger partial charge in [0.25, 0.3) is 10.0 Å². The summed E-state index contributed by atoms with van der Waals surface area (Å²) in [6, 6.07) is 17.1. The van der Waals surface area contributed by atoms with E-state index in [0.717, 1.165) is 16.4 Å². The van der Waals surface area contributed by atoms with Gasteiger partial charge in [0.2, 0.25) is 0 Å². The molecule has 0 aliphatic carbocycles. The van der Waals surface area contributed by atoms with Crippen LogP contribution < -0.4 is 4.31 Å². The van der Waals surface area contributed by atoms with Gasteiger partial charge < -0.3 is 4.74 Å². The molecule has 0 spiro atoms. The van der Waals surface area contributed by atoms with Crippen molar-refractivity contribution in [2.45, 2.75) is 11.1 Å². The normalized spacial score (nSPS) is 11.6. The Labute approximate surface area is 188 Å². The second kappa shape index (κ2) is 9.45. The molecule has 172 valence electrons. The Morgan fingerprint density at radius 1 is 0.879 bits per heavy atom. The van der Waals surface area contributed by atoms with Gasteiger partial charge in [-0.15, -0.1) is 0 Å². The van der Waals surface area contributed by atoms with Crippen LogP contribution in [-0.4, -0.2) is 33.8 Å². The molecule has 10 heteroatoms. The number of Topliss-reactive ketones (excluding diaryl/α,β-unsaturated/α-hetero) is 1. The molecule has 0 atom stereocenters. The SMILES string of the molecule is CN(c1ccccc1)S(=O)(=O)c1ccc(C(=O)OCC(=O)c2cccc(C(F)(F)F)c2)cc1. The summed E-state index contributed by atoms with van der Waals surface area (Å²) in [5, 5.41) is 0. The van der Waals surface area contributed by atoms with E-state index in [0.29, 0.717) is 11.8 Å². The number of alkyl halides is 3. The number of hydrogen-bond acceptors (Lipinski definition) is 5. The number of nitrogens with zero attached hydrogens (tertiary/aromatic N) is 1. The van der Waals surface area contributed by atoms with Gasteiger partial charge in [-0.3, -0.25) is 9.10 Å². The summed E-state index contributed by atoms with van der Waals surface area (Å²) < 4.78 is 69.9. The highest BCUT2D eigenvalue weighted by atomic mass is 32.2. The van der Waals surface area contributed by atoms with Crippen LogP contribution in [0.2, 0.25) is 0 Å². The molecule has 6 nitrogen and oxygen atoms in total. The second-order valence-corrected chi connectivity index (χ2v) is 8.88. The van der Waals surface area contributed by atoms with Crippen molar-refractivity contribution in [3.63, 3.8) is 0 Å². The Hall–Kier alpha value is -3.66. The Kier molecular flexibility index (Phi) is 6.87. The summed E-state index contributed by atoms with van der Waals surface area (Å²) in [6.07, 6.45) is -4.61. The number of sulfonamides is 1. The minimum absolute atomic E-state index is 0.0202. The average molecular weight is 477 g/mol. The lowest BCUT2D eigenvalue weighted by Crippen LogP contribution is -2.26. The minimum atomic E-state index is -4.61. The number of rotatable bonds is 7. The zero-order chi connectivity index (χ0) is 24.2. The first-order valence-corrected chi connectivity index (χ1v) is 11.0. The van der Waals surface area contributed by atoms with Gasteiger partial charge in [0.05, 0.1) is 21.7 Å². The molecular formula is C23H18F3NO5S. The van der Waals surface area contributed by atoms with E-state index < -0.39 is 40.1 Å². The lowest BCUT2D eigenvalue weighted by atomic mass is 10.1. The summed E-state index contributed by atoms with van der Waals surface area (Å²) in [5.74, 6) is -1.73. The third-order valence-corrected chi connectivity index (χ3v) is 6.51. The number of esters is 1. The van der Waals surface area contributed by atoms with Gasteiger partial charge in [-0.25, -0.2) is 13.2 Å². The summed E-state index contributed by atoms with van der Waals surface area (Å²) >= 11 is 0. The topological polar surface area (TPSA) is 80.8 Å². The van der Waals surface area contributed by atoms with Crippen molar-refractivity contribution in [1.29, 1.82) is 0 Å². The Morgan fingerprint density at radius 3 is 2.12 bits per heavy atom. The summed E-state index contributed by atoms with van der Waals surface area (Å²) in [5.41, 5.74) is -0.804. The van der Waals surface area contributed by atoms with E-state index in [9.17, 15) is 31.2 Å². The van der Waals surface area contributed by atoms with Gasteiger partial charge in [0.1, 0.15) is 0 Å². The summed E-state index contributed by atoms with van der Waals surface area (Å²) in [6.45, 7) is -0.767. The van der Waals surface area contributed by atoms with Crippen molar-refractivity contribution >= 4 is 27.5 Å². The van der Waals surface area contributed by atoms with Crippen molar-refractivity contribution < 1.29 is 35.9 Å². The molecule has 0 unspecified atom stereocenters. The number of benzene rings is 3. The van der Waals surface area contributed by atoms with Crippen molar-refractivity contribution in [2.24, 2.45) is 0 Å². The van der Waals surface area contributed by atoms with E-state index in [1.165, 1.54) is 37.4 Å². The van der Waals surface area contributed by atoms with Crippen molar-refractivity contribution in [2.75, 3.05) is 18.0 Å². The Balaban J connectivity index is 1.67. The highest BCUT2D eigenvalue weighted by Crippen LogP contribution is 2.29. The predicted octanol–water partition coefficient (Wildman–Crippen LogP) is 4.57. The van der Waals surface area contributed by atoms with Gasteiger partial charge >= 0.3 is 12.1 Å². The monoisotopic (exact) mass is 477 g/mol. The molecule has 0 bridgehead atoms. The largest absolute Gasteiger partial charge is 0.454 e. The average Bonchev–Trinajstić information content (AvgIpc) is 2.82. The van der Waals surface area contributed by atoms with Gasteiger partial charge in [0.15, 0.2) is 12.4 Å². The zero-order valence-electron chi connectivity index (χ0n) is 17.2. The lowest BCUT2D eigenvalue weighted by molar-refractivity contribution is -0.137. The quantitative estimate of drug-likeness (QED) is 0.368. The summed E-state index contributed by atoms with van der Waals surface area (Å²) in [7, 11) is -2.48. The van der Waals surface area contributed by atoms with Gasteiger partial charge in [-0.1, -0.05) is 30.3 Å². The third kappa shape index (κ3) is 5.58. The number of halogens is 3. The number of carbonyl (C=O) groups excluding carboxylic acids is 2. The molecular weight excluding hydrogens is 459 g/mol. The zero-order valence-corrected chi connectivity index (χ0v) is 18.1. The molecule has 33 heavy (non-hydrogen) atoms. The smallest absolute Gasteiger partial charge is 0.416 e. The fourth-order valence-corrected chi connectivity index (χ4v) is 4.06. The molecule has 0 amide bonds. The van der Waals surface area contributed by atoms with Crippen molar-refractivity contribution in [3.8, 4) is 0 Å². The molecule has 0 heterocycles. The highest BCUT2D eigenvalue weighted by Gasteiger charge is 2.31. The van der Waals surface area contributed by atoms with E-state index in [1.807, 2.05) is 0 Å². The fourth-order valence-electron chi connectivity index (χ4n) is 2.86. The first-order valence-electron chi connectivity index (χ1n) is 9.52. The molecule has 0 radical (unpaired) electrons. The maximum Gasteiger partial charge on any atom is 0.416 e. The number of ether oxygens (including phenoxy) is 1. The van der Waals surface area contributed by atoms with Crippen molar-refractivity contribution in [1.82, 2.24) is 0 Å². The molecule has 0 saturated heterocycles. The highest BCUT2D eigenvalue weighted by molar-refractivity contribution is 7.92. The third-order valence-electron chi connectivity index (χ3n) is 4.71. The minimum Gasteiger partial charge on any atom is -0.454 e. The maximum atomic E-state index is 12.8. The predicted molar refractivity (Wildman–Crippen MR) is 115 cm³/mol. The van der Waals surface area contributed by atoms with E-state index in [4.69, 9.17) is 4.74 Å². The van der Waals surface area contributed by atoms with Crippen LogP contribution in [0.25, 0.3) is 0 Å².